The van der Waals surface area contributed by atoms with Gasteiger partial charge >= 0.3 is 0 Å². The van der Waals surface area contributed by atoms with Gasteiger partial charge in [-0.25, -0.2) is 4.98 Å². The van der Waals surface area contributed by atoms with E-state index in [-0.39, 0.29) is 5.91 Å². The summed E-state index contributed by atoms with van der Waals surface area (Å²) in [5.41, 5.74) is 3.98. The molecule has 140 valence electrons. The van der Waals surface area contributed by atoms with Crippen molar-refractivity contribution in [1.29, 1.82) is 0 Å². The van der Waals surface area contributed by atoms with E-state index >= 15 is 0 Å². The van der Waals surface area contributed by atoms with Crippen LogP contribution in [-0.4, -0.2) is 10.9 Å². The molecule has 2 aromatic carbocycles. The number of carbonyl (C=O) groups excluding carboxylic acids is 1. The van der Waals surface area contributed by atoms with Crippen LogP contribution in [0.2, 0.25) is 5.02 Å². The molecule has 0 N–H and O–H groups in total. The topological polar surface area (TPSA) is 33.2 Å². The standard InChI is InChI=1S/C22H23ClN2OS/c1-4-6-19-21(16-9-11-17(23)12-10-16)24-22(27-19)25(20(26)5-2)18-13-7-15(3)8-14-18/h7-14H,4-6H2,1-3H3. The summed E-state index contributed by atoms with van der Waals surface area (Å²) in [7, 11) is 0. The Kier molecular flexibility index (Phi) is 6.30. The van der Waals surface area contributed by atoms with Crippen LogP contribution in [0.25, 0.3) is 11.3 Å². The number of hydrogen-bond acceptors (Lipinski definition) is 3. The molecule has 1 heterocycles. The molecule has 0 fully saturated rings. The quantitative estimate of drug-likeness (QED) is 0.457. The molecule has 3 rings (SSSR count). The van der Waals surface area contributed by atoms with Gasteiger partial charge in [0.2, 0.25) is 5.91 Å². The minimum atomic E-state index is 0.0401. The highest BCUT2D eigenvalue weighted by atomic mass is 35.5. The van der Waals surface area contributed by atoms with Gasteiger partial charge in [-0.3, -0.25) is 9.69 Å². The average molecular weight is 399 g/mol. The Morgan fingerprint density at radius 2 is 1.74 bits per heavy atom. The van der Waals surface area contributed by atoms with Crippen molar-refractivity contribution in [3.8, 4) is 11.3 Å². The van der Waals surface area contributed by atoms with Gasteiger partial charge in [-0.05, 0) is 37.6 Å². The van der Waals surface area contributed by atoms with Gasteiger partial charge in [-0.15, -0.1) is 11.3 Å². The molecule has 0 radical (unpaired) electrons. The second-order valence-corrected chi connectivity index (χ2v) is 7.94. The normalized spacial score (nSPS) is 10.8. The Balaban J connectivity index is 2.09. The molecule has 5 heteroatoms. The lowest BCUT2D eigenvalue weighted by molar-refractivity contribution is -0.117. The summed E-state index contributed by atoms with van der Waals surface area (Å²) < 4.78 is 0. The maximum Gasteiger partial charge on any atom is 0.233 e. The predicted octanol–water partition coefficient (Wildman–Crippen LogP) is 6.80. The van der Waals surface area contributed by atoms with Crippen LogP contribution < -0.4 is 4.90 Å². The fourth-order valence-electron chi connectivity index (χ4n) is 2.88. The average Bonchev–Trinajstić information content (AvgIpc) is 3.07. The summed E-state index contributed by atoms with van der Waals surface area (Å²) >= 11 is 7.63. The van der Waals surface area contributed by atoms with Gasteiger partial charge in [-0.2, -0.15) is 0 Å². The van der Waals surface area contributed by atoms with Crippen molar-refractivity contribution < 1.29 is 4.79 Å². The number of anilines is 2. The van der Waals surface area contributed by atoms with Gasteiger partial charge in [0.05, 0.1) is 11.4 Å². The van der Waals surface area contributed by atoms with Gasteiger partial charge < -0.3 is 0 Å². The van der Waals surface area contributed by atoms with E-state index in [1.54, 1.807) is 16.2 Å². The van der Waals surface area contributed by atoms with Crippen LogP contribution in [0, 0.1) is 6.92 Å². The Morgan fingerprint density at radius 3 is 2.33 bits per heavy atom. The zero-order valence-electron chi connectivity index (χ0n) is 15.8. The third-order valence-electron chi connectivity index (χ3n) is 4.32. The van der Waals surface area contributed by atoms with Crippen molar-refractivity contribution in [2.24, 2.45) is 0 Å². The molecule has 27 heavy (non-hydrogen) atoms. The van der Waals surface area contributed by atoms with Crippen molar-refractivity contribution in [2.75, 3.05) is 4.90 Å². The molecule has 0 aliphatic rings. The second kappa shape index (κ2) is 8.68. The second-order valence-electron chi connectivity index (χ2n) is 6.44. The van der Waals surface area contributed by atoms with Crippen molar-refractivity contribution >= 4 is 39.7 Å². The van der Waals surface area contributed by atoms with Gasteiger partial charge in [-0.1, -0.05) is 61.7 Å². The first-order valence-electron chi connectivity index (χ1n) is 9.18. The first-order valence-corrected chi connectivity index (χ1v) is 10.4. The number of aryl methyl sites for hydroxylation is 2. The van der Waals surface area contributed by atoms with Crippen LogP contribution in [0.1, 0.15) is 37.1 Å². The fraction of sp³-hybridized carbons (Fsp3) is 0.273. The number of amides is 1. The van der Waals surface area contributed by atoms with Crippen LogP contribution >= 0.6 is 22.9 Å². The third kappa shape index (κ3) is 4.40. The lowest BCUT2D eigenvalue weighted by atomic mass is 10.1. The first kappa shape index (κ1) is 19.6. The molecule has 1 amide bonds. The number of thiazole rings is 1. The molecular weight excluding hydrogens is 376 g/mol. The molecule has 0 unspecified atom stereocenters. The maximum atomic E-state index is 12.7. The lowest BCUT2D eigenvalue weighted by Gasteiger charge is -2.19. The van der Waals surface area contributed by atoms with E-state index in [4.69, 9.17) is 16.6 Å². The number of aromatic nitrogens is 1. The summed E-state index contributed by atoms with van der Waals surface area (Å²) in [5.74, 6) is 0.0401. The van der Waals surface area contributed by atoms with Crippen molar-refractivity contribution in [3.63, 3.8) is 0 Å². The molecule has 0 spiro atoms. The molecule has 0 atom stereocenters. The molecule has 3 aromatic rings. The largest absolute Gasteiger partial charge is 0.274 e. The van der Waals surface area contributed by atoms with Crippen LogP contribution in [0.15, 0.2) is 48.5 Å². The molecule has 1 aromatic heterocycles. The van der Waals surface area contributed by atoms with Crippen molar-refractivity contribution in [3.05, 3.63) is 64.0 Å². The van der Waals surface area contributed by atoms with E-state index in [2.05, 4.69) is 6.92 Å². The molecule has 0 aliphatic carbocycles. The van der Waals surface area contributed by atoms with Crippen molar-refractivity contribution in [1.82, 2.24) is 4.98 Å². The summed E-state index contributed by atoms with van der Waals surface area (Å²) in [6, 6.07) is 15.7. The number of benzene rings is 2. The summed E-state index contributed by atoms with van der Waals surface area (Å²) in [5, 5.41) is 1.42. The van der Waals surface area contributed by atoms with Gasteiger partial charge in [0.1, 0.15) is 0 Å². The number of nitrogens with zero attached hydrogens (tertiary/aromatic N) is 2. The van der Waals surface area contributed by atoms with Crippen LogP contribution in [0.3, 0.4) is 0 Å². The van der Waals surface area contributed by atoms with E-state index in [0.29, 0.717) is 11.4 Å². The van der Waals surface area contributed by atoms with E-state index in [1.807, 2.05) is 62.4 Å². The Bertz CT molecular complexity index is 916. The Labute approximate surface area is 169 Å². The maximum absolute atomic E-state index is 12.7. The fourth-order valence-corrected chi connectivity index (χ4v) is 4.23. The van der Waals surface area contributed by atoms with Crippen LogP contribution in [-0.2, 0) is 11.2 Å². The molecule has 0 aliphatic heterocycles. The minimum Gasteiger partial charge on any atom is -0.274 e. The summed E-state index contributed by atoms with van der Waals surface area (Å²) in [6.07, 6.45) is 2.37. The van der Waals surface area contributed by atoms with E-state index in [9.17, 15) is 4.79 Å². The number of halogens is 1. The number of rotatable bonds is 6. The molecule has 0 saturated carbocycles. The van der Waals surface area contributed by atoms with Gasteiger partial charge in [0.15, 0.2) is 5.13 Å². The van der Waals surface area contributed by atoms with Gasteiger partial charge in [0.25, 0.3) is 0 Å². The van der Waals surface area contributed by atoms with E-state index < -0.39 is 0 Å². The molecular formula is C22H23ClN2OS. The minimum absolute atomic E-state index is 0.0401. The SMILES string of the molecule is CCCc1sc(N(C(=O)CC)c2ccc(C)cc2)nc1-c1ccc(Cl)cc1. The Morgan fingerprint density at radius 1 is 1.07 bits per heavy atom. The van der Waals surface area contributed by atoms with Crippen LogP contribution in [0.5, 0.6) is 0 Å². The highest BCUT2D eigenvalue weighted by molar-refractivity contribution is 7.16. The zero-order valence-corrected chi connectivity index (χ0v) is 17.4. The molecule has 3 nitrogen and oxygen atoms in total. The highest BCUT2D eigenvalue weighted by Crippen LogP contribution is 2.37. The van der Waals surface area contributed by atoms with Crippen molar-refractivity contribution in [2.45, 2.75) is 40.0 Å². The highest BCUT2D eigenvalue weighted by Gasteiger charge is 2.23. The predicted molar refractivity (Wildman–Crippen MR) is 115 cm³/mol. The molecule has 0 saturated heterocycles. The summed E-state index contributed by atoms with van der Waals surface area (Å²) in [4.78, 5) is 20.5. The smallest absolute Gasteiger partial charge is 0.233 e. The zero-order chi connectivity index (χ0) is 19.4. The van der Waals surface area contributed by atoms with Crippen LogP contribution in [0.4, 0.5) is 10.8 Å². The van der Waals surface area contributed by atoms with Gasteiger partial charge in [0, 0.05) is 21.9 Å². The summed E-state index contributed by atoms with van der Waals surface area (Å²) in [6.45, 7) is 6.07. The van der Waals surface area contributed by atoms with E-state index in [0.717, 1.165) is 40.5 Å². The number of hydrogen-bond donors (Lipinski definition) is 0. The first-order chi connectivity index (χ1) is 13.0. The van der Waals surface area contributed by atoms with E-state index in [1.165, 1.54) is 4.88 Å². The molecule has 0 bridgehead atoms. The Hall–Kier alpha value is -2.17. The monoisotopic (exact) mass is 398 g/mol. The number of carbonyl (C=O) groups is 1. The lowest BCUT2D eigenvalue weighted by Crippen LogP contribution is -2.24. The third-order valence-corrected chi connectivity index (χ3v) is 5.67.